The molecule has 2 aromatic carbocycles. The van der Waals surface area contributed by atoms with Gasteiger partial charge in [0.15, 0.2) is 0 Å². The second-order valence-electron chi connectivity index (χ2n) is 5.52. The molecule has 0 heterocycles. The molecular formula is C18H19BrClNO2. The molecule has 0 aliphatic carbocycles. The average molecular weight is 397 g/mol. The first kappa shape index (κ1) is 17.8. The van der Waals surface area contributed by atoms with Gasteiger partial charge in [0.25, 0.3) is 0 Å². The lowest BCUT2D eigenvalue weighted by Gasteiger charge is -2.11. The molecule has 122 valence electrons. The van der Waals surface area contributed by atoms with Crippen LogP contribution in [0, 0.1) is 0 Å². The first-order chi connectivity index (χ1) is 10.9. The molecule has 2 N–H and O–H groups in total. The molecule has 1 atom stereocenters. The van der Waals surface area contributed by atoms with E-state index in [1.165, 1.54) is 6.21 Å². The first-order valence-corrected chi connectivity index (χ1v) is 8.64. The Morgan fingerprint density at radius 2 is 2.00 bits per heavy atom. The van der Waals surface area contributed by atoms with Crippen LogP contribution in [-0.4, -0.2) is 16.4 Å². The third-order valence-corrected chi connectivity index (χ3v) is 4.44. The highest BCUT2D eigenvalue weighted by Gasteiger charge is 2.09. The van der Waals surface area contributed by atoms with Crippen LogP contribution in [0.4, 0.5) is 5.69 Å². The number of aromatic hydroxyl groups is 2. The van der Waals surface area contributed by atoms with Crippen molar-refractivity contribution in [3.05, 3.63) is 51.0 Å². The topological polar surface area (TPSA) is 52.8 Å². The van der Waals surface area contributed by atoms with Gasteiger partial charge in [0.1, 0.15) is 17.2 Å². The molecule has 0 fully saturated rings. The van der Waals surface area contributed by atoms with Crippen molar-refractivity contribution in [3.63, 3.8) is 0 Å². The van der Waals surface area contributed by atoms with E-state index in [0.717, 1.165) is 22.9 Å². The lowest BCUT2D eigenvalue weighted by molar-refractivity contribution is 0.474. The third kappa shape index (κ3) is 4.49. The number of benzene rings is 2. The molecule has 0 saturated heterocycles. The number of phenols is 2. The fourth-order valence-corrected chi connectivity index (χ4v) is 3.21. The molecule has 0 spiro atoms. The van der Waals surface area contributed by atoms with Crippen molar-refractivity contribution in [3.8, 4) is 11.5 Å². The van der Waals surface area contributed by atoms with E-state index in [9.17, 15) is 10.2 Å². The van der Waals surface area contributed by atoms with Crippen LogP contribution in [0.1, 0.15) is 43.7 Å². The molecule has 0 saturated carbocycles. The number of rotatable bonds is 5. The van der Waals surface area contributed by atoms with E-state index in [1.807, 2.05) is 12.1 Å². The molecule has 5 heteroatoms. The van der Waals surface area contributed by atoms with E-state index in [2.05, 4.69) is 34.8 Å². The Labute approximate surface area is 149 Å². The minimum absolute atomic E-state index is 0.0337. The molecular weight excluding hydrogens is 378 g/mol. The van der Waals surface area contributed by atoms with E-state index in [0.29, 0.717) is 17.2 Å². The van der Waals surface area contributed by atoms with Gasteiger partial charge < -0.3 is 10.2 Å². The van der Waals surface area contributed by atoms with E-state index < -0.39 is 0 Å². The van der Waals surface area contributed by atoms with Crippen molar-refractivity contribution in [2.75, 3.05) is 0 Å². The molecule has 2 rings (SSSR count). The Hall–Kier alpha value is -1.52. The van der Waals surface area contributed by atoms with E-state index in [4.69, 9.17) is 11.6 Å². The quantitative estimate of drug-likeness (QED) is 0.594. The third-order valence-electron chi connectivity index (χ3n) is 3.69. The standard InChI is InChI=1S/C18H19BrClNO2/c1-3-4-11(2)12-5-6-17(22)16(8-12)21-10-13-7-14(19)9-15(20)18(13)23/h5-11,22-23H,3-4H2,1-2H3/t11-/m1/s1. The second kappa shape index (κ2) is 7.84. The van der Waals surface area contributed by atoms with Crippen LogP contribution < -0.4 is 0 Å². The number of halogens is 2. The summed E-state index contributed by atoms with van der Waals surface area (Å²) < 4.78 is 0.747. The second-order valence-corrected chi connectivity index (χ2v) is 6.84. The van der Waals surface area contributed by atoms with Crippen molar-refractivity contribution in [2.45, 2.75) is 32.6 Å². The zero-order chi connectivity index (χ0) is 17.0. The average Bonchev–Trinajstić information content (AvgIpc) is 2.51. The van der Waals surface area contributed by atoms with Gasteiger partial charge in [-0.2, -0.15) is 0 Å². The van der Waals surface area contributed by atoms with Gasteiger partial charge in [0.05, 0.1) is 5.02 Å². The highest BCUT2D eigenvalue weighted by atomic mass is 79.9. The van der Waals surface area contributed by atoms with Crippen LogP contribution in [-0.2, 0) is 0 Å². The van der Waals surface area contributed by atoms with Gasteiger partial charge in [-0.05, 0) is 42.2 Å². The summed E-state index contributed by atoms with van der Waals surface area (Å²) in [6, 6.07) is 8.77. The predicted octanol–water partition coefficient (Wildman–Crippen LogP) is 6.17. The SMILES string of the molecule is CCC[C@@H](C)c1ccc(O)c(N=Cc2cc(Br)cc(Cl)c2O)c1. The number of aliphatic imine (C=N–C) groups is 1. The number of hydrogen-bond acceptors (Lipinski definition) is 3. The van der Waals surface area contributed by atoms with Gasteiger partial charge in [0, 0.05) is 16.3 Å². The van der Waals surface area contributed by atoms with Gasteiger partial charge in [-0.25, -0.2) is 0 Å². The lowest BCUT2D eigenvalue weighted by Crippen LogP contribution is -1.92. The van der Waals surface area contributed by atoms with Crippen LogP contribution >= 0.6 is 27.5 Å². The highest BCUT2D eigenvalue weighted by molar-refractivity contribution is 9.10. The largest absolute Gasteiger partial charge is 0.506 e. The number of phenolic OH excluding ortho intramolecular Hbond substituents is 2. The van der Waals surface area contributed by atoms with Crippen molar-refractivity contribution < 1.29 is 10.2 Å². The minimum Gasteiger partial charge on any atom is -0.506 e. The number of nitrogens with zero attached hydrogens (tertiary/aromatic N) is 1. The molecule has 0 bridgehead atoms. The maximum Gasteiger partial charge on any atom is 0.143 e. The summed E-state index contributed by atoms with van der Waals surface area (Å²) in [5.74, 6) is 0.478. The Morgan fingerprint density at radius 1 is 1.26 bits per heavy atom. The molecule has 0 unspecified atom stereocenters. The van der Waals surface area contributed by atoms with Gasteiger partial charge in [-0.15, -0.1) is 0 Å². The maximum atomic E-state index is 9.99. The van der Waals surface area contributed by atoms with Crippen LogP contribution in [0.15, 0.2) is 39.8 Å². The summed E-state index contributed by atoms with van der Waals surface area (Å²) in [5, 5.41) is 20.2. The Bertz CT molecular complexity index is 731. The molecule has 0 radical (unpaired) electrons. The molecule has 0 aliphatic rings. The maximum absolute atomic E-state index is 9.99. The van der Waals surface area contributed by atoms with Crippen molar-refractivity contribution in [1.29, 1.82) is 0 Å². The lowest BCUT2D eigenvalue weighted by atomic mass is 9.96. The summed E-state index contributed by atoms with van der Waals surface area (Å²) in [4.78, 5) is 4.31. The van der Waals surface area contributed by atoms with Gasteiger partial charge in [-0.1, -0.05) is 53.9 Å². The van der Waals surface area contributed by atoms with Crippen molar-refractivity contribution in [2.24, 2.45) is 4.99 Å². The monoisotopic (exact) mass is 395 g/mol. The van der Waals surface area contributed by atoms with Crippen molar-refractivity contribution in [1.82, 2.24) is 0 Å². The summed E-state index contributed by atoms with van der Waals surface area (Å²) in [6.07, 6.45) is 3.68. The first-order valence-electron chi connectivity index (χ1n) is 7.47. The normalized spacial score (nSPS) is 12.7. The van der Waals surface area contributed by atoms with E-state index in [-0.39, 0.29) is 16.5 Å². The summed E-state index contributed by atoms with van der Waals surface area (Å²) in [5.41, 5.74) is 2.09. The molecule has 0 aromatic heterocycles. The zero-order valence-corrected chi connectivity index (χ0v) is 15.4. The van der Waals surface area contributed by atoms with E-state index in [1.54, 1.807) is 18.2 Å². The van der Waals surface area contributed by atoms with Crippen LogP contribution in [0.25, 0.3) is 0 Å². The van der Waals surface area contributed by atoms with Gasteiger partial charge in [-0.3, -0.25) is 4.99 Å². The molecule has 0 amide bonds. The molecule has 2 aromatic rings. The fourth-order valence-electron chi connectivity index (χ4n) is 2.37. The molecule has 3 nitrogen and oxygen atoms in total. The molecule has 23 heavy (non-hydrogen) atoms. The fraction of sp³-hybridized carbons (Fsp3) is 0.278. The van der Waals surface area contributed by atoms with E-state index >= 15 is 0 Å². The predicted molar refractivity (Wildman–Crippen MR) is 99.5 cm³/mol. The summed E-state index contributed by atoms with van der Waals surface area (Å²) >= 11 is 9.27. The Morgan fingerprint density at radius 3 is 2.70 bits per heavy atom. The summed E-state index contributed by atoms with van der Waals surface area (Å²) in [7, 11) is 0. The number of hydrogen-bond donors (Lipinski definition) is 2. The Kier molecular flexibility index (Phi) is 6.08. The highest BCUT2D eigenvalue weighted by Crippen LogP contribution is 2.33. The smallest absolute Gasteiger partial charge is 0.143 e. The Balaban J connectivity index is 2.34. The van der Waals surface area contributed by atoms with Crippen LogP contribution in [0.2, 0.25) is 5.02 Å². The van der Waals surface area contributed by atoms with Crippen LogP contribution in [0.3, 0.4) is 0 Å². The zero-order valence-electron chi connectivity index (χ0n) is 13.1. The summed E-state index contributed by atoms with van der Waals surface area (Å²) in [6.45, 7) is 4.30. The minimum atomic E-state index is -0.0337. The van der Waals surface area contributed by atoms with Gasteiger partial charge in [0.2, 0.25) is 0 Å². The molecule has 0 aliphatic heterocycles. The van der Waals surface area contributed by atoms with Crippen LogP contribution in [0.5, 0.6) is 11.5 Å². The van der Waals surface area contributed by atoms with Gasteiger partial charge >= 0.3 is 0 Å². The van der Waals surface area contributed by atoms with Crippen molar-refractivity contribution >= 4 is 39.4 Å².